The number of thiazole rings is 1. The number of carbonyl (C=O) groups excluding carboxylic acids is 1. The third kappa shape index (κ3) is 3.49. The van der Waals surface area contributed by atoms with Crippen LogP contribution in [0.15, 0.2) is 41.8 Å². The SMILES string of the molecule is C[C@@H](NC(=O)CCc1nc2ccccc2s1)c1cccs1. The van der Waals surface area contributed by atoms with Crippen LogP contribution in [0.1, 0.15) is 29.3 Å². The van der Waals surface area contributed by atoms with Crippen LogP contribution >= 0.6 is 22.7 Å². The second-order valence-corrected chi connectivity index (χ2v) is 6.97. The molecule has 0 saturated heterocycles. The van der Waals surface area contributed by atoms with E-state index in [4.69, 9.17) is 0 Å². The largest absolute Gasteiger partial charge is 0.349 e. The summed E-state index contributed by atoms with van der Waals surface area (Å²) in [6.07, 6.45) is 1.18. The molecule has 1 atom stereocenters. The molecular formula is C16H16N2OS2. The molecule has 1 amide bonds. The number of amides is 1. The first-order valence-electron chi connectivity index (χ1n) is 6.89. The molecule has 5 heteroatoms. The lowest BCUT2D eigenvalue weighted by atomic mass is 10.2. The second kappa shape index (κ2) is 6.37. The number of hydrogen-bond donors (Lipinski definition) is 1. The summed E-state index contributed by atoms with van der Waals surface area (Å²) >= 11 is 3.33. The van der Waals surface area contributed by atoms with Gasteiger partial charge >= 0.3 is 0 Å². The molecule has 0 spiro atoms. The van der Waals surface area contributed by atoms with Gasteiger partial charge in [-0.05, 0) is 30.5 Å². The highest BCUT2D eigenvalue weighted by Gasteiger charge is 2.11. The predicted octanol–water partition coefficient (Wildman–Crippen LogP) is 4.17. The zero-order valence-electron chi connectivity index (χ0n) is 11.7. The van der Waals surface area contributed by atoms with Crippen molar-refractivity contribution in [1.29, 1.82) is 0 Å². The number of benzene rings is 1. The first kappa shape index (κ1) is 14.2. The maximum Gasteiger partial charge on any atom is 0.220 e. The average Bonchev–Trinajstić information content (AvgIpc) is 3.14. The molecule has 0 aliphatic heterocycles. The molecule has 0 aliphatic carbocycles. The zero-order valence-corrected chi connectivity index (χ0v) is 13.3. The predicted molar refractivity (Wildman–Crippen MR) is 88.8 cm³/mol. The number of hydrogen-bond acceptors (Lipinski definition) is 4. The highest BCUT2D eigenvalue weighted by atomic mass is 32.1. The van der Waals surface area contributed by atoms with Gasteiger partial charge in [-0.15, -0.1) is 22.7 Å². The zero-order chi connectivity index (χ0) is 14.7. The molecule has 0 aliphatic rings. The van der Waals surface area contributed by atoms with Gasteiger partial charge in [-0.3, -0.25) is 4.79 Å². The molecular weight excluding hydrogens is 300 g/mol. The minimum Gasteiger partial charge on any atom is -0.349 e. The van der Waals surface area contributed by atoms with E-state index in [1.54, 1.807) is 22.7 Å². The van der Waals surface area contributed by atoms with Crippen molar-refractivity contribution in [3.8, 4) is 0 Å². The quantitative estimate of drug-likeness (QED) is 0.767. The first-order valence-corrected chi connectivity index (χ1v) is 8.59. The molecule has 0 fully saturated rings. The van der Waals surface area contributed by atoms with Crippen molar-refractivity contribution < 1.29 is 4.79 Å². The maximum atomic E-state index is 12.0. The Morgan fingerprint density at radius 1 is 1.29 bits per heavy atom. The number of nitrogens with one attached hydrogen (secondary N) is 1. The van der Waals surface area contributed by atoms with Crippen LogP contribution in [-0.4, -0.2) is 10.9 Å². The Morgan fingerprint density at radius 2 is 2.14 bits per heavy atom. The van der Waals surface area contributed by atoms with E-state index in [0.29, 0.717) is 12.8 Å². The number of rotatable bonds is 5. The van der Waals surface area contributed by atoms with Crippen LogP contribution in [0, 0.1) is 0 Å². The molecule has 1 aromatic carbocycles. The maximum absolute atomic E-state index is 12.0. The third-order valence-corrected chi connectivity index (χ3v) is 5.40. The molecule has 0 saturated carbocycles. The summed E-state index contributed by atoms with van der Waals surface area (Å²) in [5.41, 5.74) is 1.02. The van der Waals surface area contributed by atoms with Crippen LogP contribution < -0.4 is 5.32 Å². The monoisotopic (exact) mass is 316 g/mol. The lowest BCUT2D eigenvalue weighted by Gasteiger charge is -2.11. The van der Waals surface area contributed by atoms with E-state index in [1.165, 1.54) is 9.58 Å². The van der Waals surface area contributed by atoms with Gasteiger partial charge in [0.2, 0.25) is 5.91 Å². The van der Waals surface area contributed by atoms with Gasteiger partial charge in [-0.25, -0.2) is 4.98 Å². The van der Waals surface area contributed by atoms with Crippen LogP contribution in [0.2, 0.25) is 0 Å². The van der Waals surface area contributed by atoms with Crippen molar-refractivity contribution in [3.05, 3.63) is 51.7 Å². The number of thiophene rings is 1. The summed E-state index contributed by atoms with van der Waals surface area (Å²) in [6.45, 7) is 2.02. The van der Waals surface area contributed by atoms with E-state index in [2.05, 4.69) is 16.4 Å². The Kier molecular flexibility index (Phi) is 4.31. The van der Waals surface area contributed by atoms with E-state index in [0.717, 1.165) is 10.5 Å². The van der Waals surface area contributed by atoms with E-state index < -0.39 is 0 Å². The second-order valence-electron chi connectivity index (χ2n) is 4.88. The van der Waals surface area contributed by atoms with Crippen molar-refractivity contribution in [2.75, 3.05) is 0 Å². The minimum atomic E-state index is 0.0767. The van der Waals surface area contributed by atoms with Gasteiger partial charge in [0.15, 0.2) is 0 Å². The Labute approximate surface area is 131 Å². The third-order valence-electron chi connectivity index (χ3n) is 3.25. The molecule has 1 N–H and O–H groups in total. The Balaban J connectivity index is 1.56. The molecule has 3 nitrogen and oxygen atoms in total. The molecule has 2 aromatic heterocycles. The van der Waals surface area contributed by atoms with Crippen molar-refractivity contribution in [2.45, 2.75) is 25.8 Å². The Bertz CT molecular complexity index is 701. The summed E-state index contributed by atoms with van der Waals surface area (Å²) < 4.78 is 1.18. The van der Waals surface area contributed by atoms with E-state index in [9.17, 15) is 4.79 Å². The summed E-state index contributed by atoms with van der Waals surface area (Å²) in [7, 11) is 0. The van der Waals surface area contributed by atoms with Gasteiger partial charge in [-0.2, -0.15) is 0 Å². The molecule has 0 bridgehead atoms. The van der Waals surface area contributed by atoms with E-state index in [-0.39, 0.29) is 11.9 Å². The summed E-state index contributed by atoms with van der Waals surface area (Å²) in [5.74, 6) is 0.0788. The fourth-order valence-corrected chi connectivity index (χ4v) is 3.87. The highest BCUT2D eigenvalue weighted by Crippen LogP contribution is 2.23. The summed E-state index contributed by atoms with van der Waals surface area (Å²) in [5, 5.41) is 6.08. The number of para-hydroxylation sites is 1. The summed E-state index contributed by atoms with van der Waals surface area (Å²) in [4.78, 5) is 17.7. The van der Waals surface area contributed by atoms with Gasteiger partial charge in [0.25, 0.3) is 0 Å². The van der Waals surface area contributed by atoms with Crippen LogP contribution in [0.5, 0.6) is 0 Å². The first-order chi connectivity index (χ1) is 10.2. The average molecular weight is 316 g/mol. The molecule has 108 valence electrons. The topological polar surface area (TPSA) is 42.0 Å². The molecule has 21 heavy (non-hydrogen) atoms. The van der Waals surface area contributed by atoms with Gasteiger partial charge in [0, 0.05) is 17.7 Å². The van der Waals surface area contributed by atoms with Crippen molar-refractivity contribution in [2.24, 2.45) is 0 Å². The lowest BCUT2D eigenvalue weighted by Crippen LogP contribution is -2.26. The van der Waals surface area contributed by atoms with Crippen LogP contribution in [-0.2, 0) is 11.2 Å². The number of nitrogens with zero attached hydrogens (tertiary/aromatic N) is 1. The van der Waals surface area contributed by atoms with Crippen molar-refractivity contribution >= 4 is 38.8 Å². The molecule has 0 unspecified atom stereocenters. The van der Waals surface area contributed by atoms with Gasteiger partial charge in [0.1, 0.15) is 0 Å². The van der Waals surface area contributed by atoms with E-state index in [1.807, 2.05) is 42.6 Å². The number of aromatic nitrogens is 1. The molecule has 3 aromatic rings. The van der Waals surface area contributed by atoms with Gasteiger partial charge in [-0.1, -0.05) is 18.2 Å². The van der Waals surface area contributed by atoms with Crippen molar-refractivity contribution in [3.63, 3.8) is 0 Å². The van der Waals surface area contributed by atoms with Gasteiger partial charge in [0.05, 0.1) is 21.3 Å². The van der Waals surface area contributed by atoms with E-state index >= 15 is 0 Å². The van der Waals surface area contributed by atoms with Crippen LogP contribution in [0.25, 0.3) is 10.2 Å². The lowest BCUT2D eigenvalue weighted by molar-refractivity contribution is -0.121. The van der Waals surface area contributed by atoms with Gasteiger partial charge < -0.3 is 5.32 Å². The molecule has 0 radical (unpaired) electrons. The number of carbonyl (C=O) groups is 1. The number of aryl methyl sites for hydroxylation is 1. The molecule has 3 rings (SSSR count). The fourth-order valence-electron chi connectivity index (χ4n) is 2.17. The summed E-state index contributed by atoms with van der Waals surface area (Å²) in [6, 6.07) is 12.2. The minimum absolute atomic E-state index is 0.0767. The Hall–Kier alpha value is -1.72. The highest BCUT2D eigenvalue weighted by molar-refractivity contribution is 7.18. The van der Waals surface area contributed by atoms with Crippen LogP contribution in [0.4, 0.5) is 0 Å². The smallest absolute Gasteiger partial charge is 0.220 e. The molecule has 2 heterocycles. The normalized spacial score (nSPS) is 12.4. The van der Waals surface area contributed by atoms with Crippen LogP contribution in [0.3, 0.4) is 0 Å². The standard InChI is InChI=1S/C16H16N2OS2/c1-11(13-7-4-10-20-13)17-15(19)8-9-16-18-12-5-2-3-6-14(12)21-16/h2-7,10-11H,8-9H2,1H3,(H,17,19)/t11-/m1/s1. The number of fused-ring (bicyclic) bond motifs is 1. The Morgan fingerprint density at radius 3 is 2.90 bits per heavy atom. The van der Waals surface area contributed by atoms with Crippen molar-refractivity contribution in [1.82, 2.24) is 10.3 Å². The fraction of sp³-hybridized carbons (Fsp3) is 0.250.